The Balaban J connectivity index is 2.53. The lowest BCUT2D eigenvalue weighted by atomic mass is 10.4. The highest BCUT2D eigenvalue weighted by atomic mass is 32.5. The Morgan fingerprint density at radius 1 is 1.67 bits per heavy atom. The maximum absolute atomic E-state index is 8.39. The predicted octanol–water partition coefficient (Wildman–Crippen LogP) is -0.484. The summed E-state index contributed by atoms with van der Waals surface area (Å²) in [6.07, 6.45) is 0. The molecule has 0 saturated carbocycles. The van der Waals surface area contributed by atoms with Crippen LogP contribution in [0.15, 0.2) is 0 Å². The lowest BCUT2D eigenvalue weighted by molar-refractivity contribution is 0.293. The smallest absolute Gasteiger partial charge is 0.344 e. The van der Waals surface area contributed by atoms with Gasteiger partial charge in [-0.05, 0) is 11.8 Å². The van der Waals surface area contributed by atoms with Gasteiger partial charge in [-0.1, -0.05) is 0 Å². The van der Waals surface area contributed by atoms with Crippen LogP contribution in [0.5, 0.6) is 0 Å². The average Bonchev–Trinajstić information content (AvgIpc) is 1.32. The summed E-state index contributed by atoms with van der Waals surface area (Å²) in [5, 5.41) is 0. The average molecular weight is 124 g/mol. The molecule has 1 N–H and O–H groups in total. The zero-order chi connectivity index (χ0) is 4.62. The third kappa shape index (κ3) is 0.804. The molecule has 0 bridgehead atoms. The lowest BCUT2D eigenvalue weighted by Crippen LogP contribution is -2.12. The van der Waals surface area contributed by atoms with Gasteiger partial charge in [0.2, 0.25) is 0 Å². The highest BCUT2D eigenvalue weighted by Gasteiger charge is 2.26. The van der Waals surface area contributed by atoms with E-state index in [0.29, 0.717) is 0 Å². The fourth-order valence-electron chi connectivity index (χ4n) is 0.143. The molecule has 1 fully saturated rings. The van der Waals surface area contributed by atoms with Gasteiger partial charge in [0.1, 0.15) is 0 Å². The van der Waals surface area contributed by atoms with Crippen LogP contribution in [0.4, 0.5) is 0 Å². The van der Waals surface area contributed by atoms with E-state index >= 15 is 0 Å². The topological polar surface area (TPSA) is 38.7 Å². The summed E-state index contributed by atoms with van der Waals surface area (Å²) in [5.41, 5.74) is 0. The highest BCUT2D eigenvalue weighted by Crippen LogP contribution is 2.49. The molecular weight excluding hydrogens is 122 g/mol. The highest BCUT2D eigenvalue weighted by molar-refractivity contribution is 8.08. The summed E-state index contributed by atoms with van der Waals surface area (Å²) in [4.78, 5) is 8.39. The first kappa shape index (κ1) is 4.75. The van der Waals surface area contributed by atoms with Crippen LogP contribution in [0, 0.1) is 0 Å². The molecule has 0 radical (unpaired) electrons. The maximum atomic E-state index is 8.39. The minimum Gasteiger partial charge on any atom is -0.344 e. The molecule has 1 aliphatic rings. The van der Waals surface area contributed by atoms with Crippen molar-refractivity contribution in [3.05, 3.63) is 0 Å². The molecule has 6 heteroatoms. The van der Waals surface area contributed by atoms with Crippen LogP contribution in [0.3, 0.4) is 0 Å². The molecule has 0 aromatic carbocycles. The molecule has 0 atom stereocenters. The van der Waals surface area contributed by atoms with Crippen molar-refractivity contribution in [2.24, 2.45) is 0 Å². The Labute approximate surface area is 40.8 Å². The zero-order valence-electron chi connectivity index (χ0n) is 2.83. The van der Waals surface area contributed by atoms with Crippen molar-refractivity contribution in [2.75, 3.05) is 0 Å². The summed E-state index contributed by atoms with van der Waals surface area (Å²) < 4.78 is 8.75. The second-order valence-corrected chi connectivity index (χ2v) is 3.68. The standard InChI is InChI=1S/BH2O3PS/c2-5(6)3-1-4-5/h1H,(H,2,6). The van der Waals surface area contributed by atoms with Crippen molar-refractivity contribution in [3.63, 3.8) is 0 Å². The predicted molar refractivity (Wildman–Crippen MR) is 25.8 cm³/mol. The minimum absolute atomic E-state index is 0.160. The van der Waals surface area contributed by atoms with Crippen molar-refractivity contribution in [2.45, 2.75) is 0 Å². The molecular formula is H2BO3PS. The second kappa shape index (κ2) is 1.28. The molecule has 0 aliphatic carbocycles. The number of rotatable bonds is 0. The molecule has 0 unspecified atom stereocenters. The summed E-state index contributed by atoms with van der Waals surface area (Å²) in [5.74, 6) is 0. The van der Waals surface area contributed by atoms with Crippen molar-refractivity contribution in [3.8, 4) is 0 Å². The fraction of sp³-hybridized carbons (Fsp3) is 0. The van der Waals surface area contributed by atoms with Gasteiger partial charge >= 0.3 is 7.69 Å². The van der Waals surface area contributed by atoms with E-state index in [4.69, 9.17) is 4.89 Å². The fourth-order valence-corrected chi connectivity index (χ4v) is 0.687. The molecule has 0 aromatic rings. The van der Waals surface area contributed by atoms with Crippen molar-refractivity contribution >= 4 is 26.2 Å². The Morgan fingerprint density at radius 3 is 2.00 bits per heavy atom. The van der Waals surface area contributed by atoms with Gasteiger partial charge in [-0.25, -0.2) is 0 Å². The first-order chi connectivity index (χ1) is 2.71. The maximum Gasteiger partial charge on any atom is 0.452 e. The van der Waals surface area contributed by atoms with E-state index in [1.165, 1.54) is 0 Å². The van der Waals surface area contributed by atoms with Crippen molar-refractivity contribution in [1.82, 2.24) is 0 Å². The van der Waals surface area contributed by atoms with Gasteiger partial charge in [-0.15, -0.1) is 0 Å². The Hall–Kier alpha value is 0.595. The quantitative estimate of drug-likeness (QED) is 0.349. The van der Waals surface area contributed by atoms with Crippen LogP contribution in [-0.4, -0.2) is 12.6 Å². The van der Waals surface area contributed by atoms with Gasteiger partial charge in [0, 0.05) is 0 Å². The van der Waals surface area contributed by atoms with Crippen LogP contribution in [-0.2, 0) is 20.7 Å². The van der Waals surface area contributed by atoms with Crippen LogP contribution in [0.2, 0.25) is 0 Å². The third-order valence-corrected chi connectivity index (χ3v) is 1.93. The molecule has 34 valence electrons. The van der Waals surface area contributed by atoms with E-state index in [1.54, 1.807) is 0 Å². The van der Waals surface area contributed by atoms with Gasteiger partial charge in [0.15, 0.2) is 0 Å². The van der Waals surface area contributed by atoms with Crippen LogP contribution in [0.25, 0.3) is 0 Å². The SMILES string of the molecule is OP1(=S)OBO1. The molecule has 1 heterocycles. The summed E-state index contributed by atoms with van der Waals surface area (Å²) in [7, 11) is 0.160. The van der Waals surface area contributed by atoms with Gasteiger partial charge in [-0.2, -0.15) is 0 Å². The Kier molecular flexibility index (Phi) is 1.02. The normalized spacial score (nSPS) is 27.5. The van der Waals surface area contributed by atoms with Gasteiger partial charge in [-0.3, -0.25) is 0 Å². The summed E-state index contributed by atoms with van der Waals surface area (Å²) in [6.45, 7) is -2.63. The lowest BCUT2D eigenvalue weighted by Gasteiger charge is -2.22. The zero-order valence-corrected chi connectivity index (χ0v) is 4.54. The van der Waals surface area contributed by atoms with E-state index in [0.717, 1.165) is 0 Å². The molecule has 0 aromatic heterocycles. The number of hydrogen-bond acceptors (Lipinski definition) is 3. The van der Waals surface area contributed by atoms with E-state index in [9.17, 15) is 0 Å². The van der Waals surface area contributed by atoms with E-state index in [1.807, 2.05) is 0 Å². The van der Waals surface area contributed by atoms with Crippen molar-refractivity contribution < 1.29 is 13.8 Å². The first-order valence-corrected chi connectivity index (χ1v) is 3.92. The summed E-state index contributed by atoms with van der Waals surface area (Å²) in [6, 6.07) is 0. The second-order valence-electron chi connectivity index (χ2n) is 0.845. The van der Waals surface area contributed by atoms with Crippen LogP contribution >= 0.6 is 6.72 Å². The number of hydrogen-bond donors (Lipinski definition) is 1. The van der Waals surface area contributed by atoms with E-state index < -0.39 is 6.72 Å². The minimum atomic E-state index is -2.63. The largest absolute Gasteiger partial charge is 0.452 e. The molecule has 1 rings (SSSR count). The first-order valence-electron chi connectivity index (χ1n) is 1.33. The van der Waals surface area contributed by atoms with E-state index in [-0.39, 0.29) is 7.69 Å². The van der Waals surface area contributed by atoms with Gasteiger partial charge in [0.05, 0.1) is 0 Å². The van der Waals surface area contributed by atoms with Crippen LogP contribution < -0.4 is 0 Å². The molecule has 1 saturated heterocycles. The van der Waals surface area contributed by atoms with Crippen molar-refractivity contribution in [1.29, 1.82) is 0 Å². The molecule has 0 amide bonds. The van der Waals surface area contributed by atoms with E-state index in [2.05, 4.69) is 20.7 Å². The molecule has 1 aliphatic heterocycles. The third-order valence-electron chi connectivity index (χ3n) is 0.432. The summed E-state index contributed by atoms with van der Waals surface area (Å²) >= 11 is 4.30. The Bertz CT molecular complexity index is 93.0. The molecule has 6 heavy (non-hydrogen) atoms. The molecule has 0 spiro atoms. The van der Waals surface area contributed by atoms with Gasteiger partial charge < -0.3 is 13.8 Å². The molecule has 3 nitrogen and oxygen atoms in total. The van der Waals surface area contributed by atoms with Crippen LogP contribution in [0.1, 0.15) is 0 Å². The Morgan fingerprint density at radius 2 is 2.00 bits per heavy atom. The monoisotopic (exact) mass is 124 g/mol. The van der Waals surface area contributed by atoms with Gasteiger partial charge in [0.25, 0.3) is 6.72 Å².